The molecule has 0 atom stereocenters. The highest BCUT2D eigenvalue weighted by molar-refractivity contribution is 7.50. The molecule has 0 aliphatic carbocycles. The van der Waals surface area contributed by atoms with Crippen LogP contribution in [0.2, 0.25) is 0 Å². The van der Waals surface area contributed by atoms with E-state index >= 15 is 0 Å². The summed E-state index contributed by atoms with van der Waals surface area (Å²) in [6, 6.07) is 0. The van der Waals surface area contributed by atoms with Crippen LogP contribution in [-0.4, -0.2) is 15.7 Å². The standard InChI is InChI=1S/C3H6NO4P/c1-2-3(5)4-9(6,7)8/h2H,1H2,(H3,4,5,6,7,8). The molecule has 0 aromatic rings. The summed E-state index contributed by atoms with van der Waals surface area (Å²) in [6.45, 7) is 2.99. The Bertz CT molecular complexity index is 171. The van der Waals surface area contributed by atoms with Gasteiger partial charge in [0.05, 0.1) is 0 Å². The molecule has 0 heterocycles. The Balaban J connectivity index is 3.89. The van der Waals surface area contributed by atoms with E-state index in [4.69, 9.17) is 9.79 Å². The Labute approximate surface area is 51.6 Å². The number of carbonyl (C=O) groups excluding carboxylic acids is 1. The number of rotatable bonds is 2. The smallest absolute Gasteiger partial charge is 0.308 e. The summed E-state index contributed by atoms with van der Waals surface area (Å²) in [5.41, 5.74) is 0. The molecule has 52 valence electrons. The van der Waals surface area contributed by atoms with Crippen molar-refractivity contribution in [3.63, 3.8) is 0 Å². The van der Waals surface area contributed by atoms with Crippen LogP contribution in [0.1, 0.15) is 0 Å². The Morgan fingerprint density at radius 2 is 2.11 bits per heavy atom. The van der Waals surface area contributed by atoms with Gasteiger partial charge in [-0.05, 0) is 6.08 Å². The largest absolute Gasteiger partial charge is 0.429 e. The molecule has 0 saturated carbocycles. The van der Waals surface area contributed by atoms with Crippen LogP contribution in [0.25, 0.3) is 0 Å². The lowest BCUT2D eigenvalue weighted by Gasteiger charge is -2.00. The zero-order chi connectivity index (χ0) is 7.49. The number of hydrogen-bond donors (Lipinski definition) is 3. The molecule has 3 N–H and O–H groups in total. The maximum atomic E-state index is 10.1. The number of amides is 1. The van der Waals surface area contributed by atoms with Gasteiger partial charge in [-0.1, -0.05) is 6.58 Å². The van der Waals surface area contributed by atoms with Crippen molar-refractivity contribution in [3.8, 4) is 0 Å². The van der Waals surface area contributed by atoms with Gasteiger partial charge in [-0.25, -0.2) is 4.57 Å². The Hall–Kier alpha value is -0.640. The molecule has 9 heavy (non-hydrogen) atoms. The minimum atomic E-state index is -4.41. The quantitative estimate of drug-likeness (QED) is 0.362. The summed E-state index contributed by atoms with van der Waals surface area (Å²) in [5.74, 6) is -0.886. The van der Waals surface area contributed by atoms with Crippen LogP contribution < -0.4 is 5.09 Å². The molecule has 0 aliphatic heterocycles. The van der Waals surface area contributed by atoms with Crippen molar-refractivity contribution >= 4 is 13.7 Å². The monoisotopic (exact) mass is 151 g/mol. The molecule has 1 amide bonds. The second-order valence-corrected chi connectivity index (χ2v) is 2.54. The van der Waals surface area contributed by atoms with Gasteiger partial charge in [0.15, 0.2) is 0 Å². The van der Waals surface area contributed by atoms with Gasteiger partial charge in [0.1, 0.15) is 0 Å². The average Bonchev–Trinajstić information content (AvgIpc) is 1.62. The summed E-state index contributed by atoms with van der Waals surface area (Å²) in [5, 5.41) is 1.38. The van der Waals surface area contributed by atoms with E-state index in [1.807, 2.05) is 0 Å². The number of nitrogens with one attached hydrogen (secondary N) is 1. The third kappa shape index (κ3) is 5.23. The Morgan fingerprint density at radius 1 is 1.67 bits per heavy atom. The van der Waals surface area contributed by atoms with Gasteiger partial charge < -0.3 is 9.79 Å². The molecule has 0 fully saturated rings. The zero-order valence-electron chi connectivity index (χ0n) is 4.44. The van der Waals surface area contributed by atoms with Crippen molar-refractivity contribution < 1.29 is 19.1 Å². The lowest BCUT2D eigenvalue weighted by molar-refractivity contribution is -0.115. The molecular formula is C3H6NO4P. The van der Waals surface area contributed by atoms with Crippen molar-refractivity contribution in [1.29, 1.82) is 0 Å². The molecular weight excluding hydrogens is 145 g/mol. The van der Waals surface area contributed by atoms with Crippen molar-refractivity contribution in [3.05, 3.63) is 12.7 Å². The predicted molar refractivity (Wildman–Crippen MR) is 30.4 cm³/mol. The maximum Gasteiger partial charge on any atom is 0.429 e. The van der Waals surface area contributed by atoms with E-state index in [1.165, 1.54) is 5.09 Å². The first kappa shape index (κ1) is 8.36. The topological polar surface area (TPSA) is 86.6 Å². The second-order valence-electron chi connectivity index (χ2n) is 1.22. The highest BCUT2D eigenvalue weighted by Crippen LogP contribution is 2.27. The van der Waals surface area contributed by atoms with Gasteiger partial charge >= 0.3 is 7.75 Å². The number of hydrogen-bond acceptors (Lipinski definition) is 2. The molecule has 0 aromatic carbocycles. The first-order valence-corrected chi connectivity index (χ1v) is 3.57. The normalized spacial score (nSPS) is 10.4. The van der Waals surface area contributed by atoms with E-state index < -0.39 is 13.7 Å². The first-order chi connectivity index (χ1) is 3.95. The molecule has 0 aliphatic rings. The fourth-order valence-electron chi connectivity index (χ4n) is 0.189. The van der Waals surface area contributed by atoms with E-state index in [2.05, 4.69) is 6.58 Å². The average molecular weight is 151 g/mol. The Kier molecular flexibility index (Phi) is 2.58. The number of carbonyl (C=O) groups is 1. The molecule has 6 heteroatoms. The highest BCUT2D eigenvalue weighted by Gasteiger charge is 2.13. The maximum absolute atomic E-state index is 10.1. The minimum Gasteiger partial charge on any atom is -0.308 e. The minimum absolute atomic E-state index is 0.777. The van der Waals surface area contributed by atoms with Crippen LogP contribution in [0, 0.1) is 0 Å². The van der Waals surface area contributed by atoms with Crippen LogP contribution in [-0.2, 0) is 9.36 Å². The third-order valence-corrected chi connectivity index (χ3v) is 0.953. The molecule has 0 bridgehead atoms. The first-order valence-electron chi connectivity index (χ1n) is 1.96. The molecule has 0 rings (SSSR count). The van der Waals surface area contributed by atoms with Crippen LogP contribution in [0.4, 0.5) is 0 Å². The molecule has 0 radical (unpaired) electrons. The Morgan fingerprint density at radius 3 is 2.22 bits per heavy atom. The molecule has 5 nitrogen and oxygen atoms in total. The second kappa shape index (κ2) is 2.77. The summed E-state index contributed by atoms with van der Waals surface area (Å²) in [6.07, 6.45) is 0.777. The summed E-state index contributed by atoms with van der Waals surface area (Å²) < 4.78 is 9.92. The zero-order valence-corrected chi connectivity index (χ0v) is 5.34. The van der Waals surface area contributed by atoms with Gasteiger partial charge in [-0.3, -0.25) is 9.88 Å². The van der Waals surface area contributed by atoms with Gasteiger partial charge in [0, 0.05) is 0 Å². The molecule has 0 spiro atoms. The third-order valence-electron chi connectivity index (χ3n) is 0.441. The lowest BCUT2D eigenvalue weighted by Crippen LogP contribution is -2.16. The summed E-state index contributed by atoms with van der Waals surface area (Å²) in [4.78, 5) is 26.2. The van der Waals surface area contributed by atoms with Crippen molar-refractivity contribution in [2.75, 3.05) is 0 Å². The van der Waals surface area contributed by atoms with Crippen molar-refractivity contribution in [2.45, 2.75) is 0 Å². The van der Waals surface area contributed by atoms with Crippen LogP contribution in [0.3, 0.4) is 0 Å². The van der Waals surface area contributed by atoms with E-state index in [-0.39, 0.29) is 0 Å². The fraction of sp³-hybridized carbons (Fsp3) is 0. The van der Waals surface area contributed by atoms with Gasteiger partial charge in [-0.15, -0.1) is 0 Å². The molecule has 0 aromatic heterocycles. The highest BCUT2D eigenvalue weighted by atomic mass is 31.2. The van der Waals surface area contributed by atoms with Crippen molar-refractivity contribution in [1.82, 2.24) is 5.09 Å². The summed E-state index contributed by atoms with van der Waals surface area (Å²) in [7, 11) is -4.41. The fourth-order valence-corrected chi connectivity index (χ4v) is 0.568. The van der Waals surface area contributed by atoms with E-state index in [0.717, 1.165) is 6.08 Å². The van der Waals surface area contributed by atoms with E-state index in [9.17, 15) is 9.36 Å². The van der Waals surface area contributed by atoms with Crippen LogP contribution in [0.5, 0.6) is 0 Å². The molecule has 0 unspecified atom stereocenters. The van der Waals surface area contributed by atoms with E-state index in [1.54, 1.807) is 0 Å². The SMILES string of the molecule is C=CC(=O)NP(=O)(O)O. The predicted octanol–water partition coefficient (Wildman–Crippen LogP) is -0.619. The van der Waals surface area contributed by atoms with Gasteiger partial charge in [0.25, 0.3) is 5.91 Å². The van der Waals surface area contributed by atoms with Crippen LogP contribution >= 0.6 is 7.75 Å². The van der Waals surface area contributed by atoms with Gasteiger partial charge in [0.2, 0.25) is 0 Å². The molecule has 0 saturated heterocycles. The summed E-state index contributed by atoms with van der Waals surface area (Å²) >= 11 is 0. The van der Waals surface area contributed by atoms with Gasteiger partial charge in [-0.2, -0.15) is 0 Å². The van der Waals surface area contributed by atoms with E-state index in [0.29, 0.717) is 0 Å². The lowest BCUT2D eigenvalue weighted by atomic mass is 10.6. The van der Waals surface area contributed by atoms with Crippen LogP contribution in [0.15, 0.2) is 12.7 Å². The van der Waals surface area contributed by atoms with Crippen molar-refractivity contribution in [2.24, 2.45) is 0 Å².